The van der Waals surface area contributed by atoms with Crippen molar-refractivity contribution in [2.75, 3.05) is 14.2 Å². The van der Waals surface area contributed by atoms with Crippen molar-refractivity contribution in [3.8, 4) is 0 Å². The molecular weight excluding hydrogens is 236 g/mol. The van der Waals surface area contributed by atoms with Crippen molar-refractivity contribution in [2.45, 2.75) is 38.3 Å². The molecule has 0 aliphatic heterocycles. The maximum atomic E-state index is 13.6. The lowest BCUT2D eigenvalue weighted by atomic mass is 9.94. The lowest BCUT2D eigenvalue weighted by molar-refractivity contribution is 0.00766. The molecule has 1 aromatic carbocycles. The number of halogens is 2. The fourth-order valence-corrected chi connectivity index (χ4v) is 1.91. The fraction of sp³-hybridized carbons (Fsp3) is 0.571. The summed E-state index contributed by atoms with van der Waals surface area (Å²) in [4.78, 5) is 0. The van der Waals surface area contributed by atoms with E-state index in [0.717, 1.165) is 12.5 Å². The van der Waals surface area contributed by atoms with Gasteiger partial charge in [-0.2, -0.15) is 0 Å². The number of methoxy groups -OCH3 is 1. The van der Waals surface area contributed by atoms with Gasteiger partial charge in [-0.05, 0) is 45.4 Å². The van der Waals surface area contributed by atoms with Crippen LogP contribution in [0.2, 0.25) is 0 Å². The van der Waals surface area contributed by atoms with Crippen molar-refractivity contribution in [3.05, 3.63) is 35.4 Å². The van der Waals surface area contributed by atoms with Crippen molar-refractivity contribution in [1.82, 2.24) is 5.32 Å². The Morgan fingerprint density at radius 1 is 1.33 bits per heavy atom. The molecule has 1 N–H and O–H groups in total. The number of hydrogen-bond acceptors (Lipinski definition) is 2. The summed E-state index contributed by atoms with van der Waals surface area (Å²) < 4.78 is 31.7. The molecule has 1 aromatic rings. The monoisotopic (exact) mass is 257 g/mol. The van der Waals surface area contributed by atoms with Crippen LogP contribution in [0.3, 0.4) is 0 Å². The molecule has 18 heavy (non-hydrogen) atoms. The number of nitrogens with one attached hydrogen (secondary N) is 1. The Hall–Kier alpha value is -1.00. The third-order valence-corrected chi connectivity index (χ3v) is 3.18. The van der Waals surface area contributed by atoms with Gasteiger partial charge in [-0.1, -0.05) is 6.07 Å². The fourth-order valence-electron chi connectivity index (χ4n) is 1.91. The third kappa shape index (κ3) is 4.35. The van der Waals surface area contributed by atoms with Crippen molar-refractivity contribution in [3.63, 3.8) is 0 Å². The van der Waals surface area contributed by atoms with Gasteiger partial charge in [0, 0.05) is 19.2 Å². The molecule has 0 aromatic heterocycles. The molecule has 0 fully saturated rings. The summed E-state index contributed by atoms with van der Waals surface area (Å²) in [5.74, 6) is -1.04. The van der Waals surface area contributed by atoms with Crippen molar-refractivity contribution in [1.29, 1.82) is 0 Å². The second-order valence-electron chi connectivity index (χ2n) is 5.09. The number of likely N-dealkylation sites (N-methyl/N-ethyl adjacent to an activating group) is 1. The number of rotatable bonds is 6. The molecule has 0 bridgehead atoms. The molecule has 0 aliphatic carbocycles. The van der Waals surface area contributed by atoms with Gasteiger partial charge in [0.1, 0.15) is 11.6 Å². The van der Waals surface area contributed by atoms with E-state index in [4.69, 9.17) is 4.74 Å². The van der Waals surface area contributed by atoms with Crippen LogP contribution in [0, 0.1) is 11.6 Å². The Morgan fingerprint density at radius 2 is 2.00 bits per heavy atom. The van der Waals surface area contributed by atoms with Crippen molar-refractivity contribution < 1.29 is 13.5 Å². The average Bonchev–Trinajstić information content (AvgIpc) is 2.31. The lowest BCUT2D eigenvalue weighted by Crippen LogP contribution is -2.37. The zero-order valence-corrected chi connectivity index (χ0v) is 11.4. The lowest BCUT2D eigenvalue weighted by Gasteiger charge is -2.28. The van der Waals surface area contributed by atoms with Crippen LogP contribution >= 0.6 is 0 Å². The molecule has 4 heteroatoms. The van der Waals surface area contributed by atoms with Gasteiger partial charge in [-0.3, -0.25) is 0 Å². The minimum atomic E-state index is -0.547. The van der Waals surface area contributed by atoms with Crippen LogP contribution in [0.15, 0.2) is 18.2 Å². The summed E-state index contributed by atoms with van der Waals surface area (Å²) in [7, 11) is 3.49. The normalized spacial score (nSPS) is 13.7. The standard InChI is InChI=1S/C14H21F2NO/c1-14(2,18-4)9-12(17-3)7-10-5-6-11(15)8-13(10)16/h5-6,8,12,17H,7,9H2,1-4H3. The van der Waals surface area contributed by atoms with E-state index < -0.39 is 11.6 Å². The van der Waals surface area contributed by atoms with Gasteiger partial charge in [0.15, 0.2) is 0 Å². The van der Waals surface area contributed by atoms with Crippen LogP contribution in [-0.2, 0) is 11.2 Å². The van der Waals surface area contributed by atoms with E-state index in [1.54, 1.807) is 7.11 Å². The van der Waals surface area contributed by atoms with Gasteiger partial charge in [0.25, 0.3) is 0 Å². The SMILES string of the molecule is CNC(Cc1ccc(F)cc1F)CC(C)(C)OC. The van der Waals surface area contributed by atoms with E-state index >= 15 is 0 Å². The minimum Gasteiger partial charge on any atom is -0.379 e. The highest BCUT2D eigenvalue weighted by Gasteiger charge is 2.22. The molecule has 0 spiro atoms. The number of ether oxygens (including phenoxy) is 1. The summed E-state index contributed by atoms with van der Waals surface area (Å²) in [5.41, 5.74) is 0.243. The Balaban J connectivity index is 2.74. The van der Waals surface area contributed by atoms with Crippen LogP contribution in [0.1, 0.15) is 25.8 Å². The maximum Gasteiger partial charge on any atom is 0.129 e. The Kier molecular flexibility index (Phi) is 5.23. The minimum absolute atomic E-state index is 0.0833. The molecule has 0 saturated carbocycles. The smallest absolute Gasteiger partial charge is 0.129 e. The van der Waals surface area contributed by atoms with Crippen LogP contribution in [0.25, 0.3) is 0 Å². The second kappa shape index (κ2) is 6.25. The molecule has 2 nitrogen and oxygen atoms in total. The van der Waals surface area contributed by atoms with Crippen molar-refractivity contribution >= 4 is 0 Å². The molecule has 1 atom stereocenters. The van der Waals surface area contributed by atoms with Gasteiger partial charge < -0.3 is 10.1 Å². The molecule has 102 valence electrons. The predicted molar refractivity (Wildman–Crippen MR) is 68.6 cm³/mol. The van der Waals surface area contributed by atoms with E-state index in [0.29, 0.717) is 12.0 Å². The number of hydrogen-bond donors (Lipinski definition) is 1. The van der Waals surface area contributed by atoms with Crippen LogP contribution in [0.4, 0.5) is 8.78 Å². The van der Waals surface area contributed by atoms with Gasteiger partial charge in [0.05, 0.1) is 5.60 Å². The Bertz CT molecular complexity index is 393. The molecule has 0 aliphatic rings. The quantitative estimate of drug-likeness (QED) is 0.846. The van der Waals surface area contributed by atoms with Gasteiger partial charge in [-0.15, -0.1) is 0 Å². The zero-order chi connectivity index (χ0) is 13.8. The summed E-state index contributed by atoms with van der Waals surface area (Å²) in [6, 6.07) is 3.78. The largest absolute Gasteiger partial charge is 0.379 e. The third-order valence-electron chi connectivity index (χ3n) is 3.18. The van der Waals surface area contributed by atoms with E-state index in [2.05, 4.69) is 5.32 Å². The predicted octanol–water partition coefficient (Wildman–Crippen LogP) is 2.91. The van der Waals surface area contributed by atoms with E-state index in [1.165, 1.54) is 12.1 Å². The Labute approximate surface area is 107 Å². The van der Waals surface area contributed by atoms with Crippen LogP contribution < -0.4 is 5.32 Å². The zero-order valence-electron chi connectivity index (χ0n) is 11.4. The summed E-state index contributed by atoms with van der Waals surface area (Å²) in [6.07, 6.45) is 1.26. The molecule has 0 saturated heterocycles. The molecular formula is C14H21F2NO. The molecule has 1 unspecified atom stereocenters. The van der Waals surface area contributed by atoms with Gasteiger partial charge >= 0.3 is 0 Å². The molecule has 1 rings (SSSR count). The topological polar surface area (TPSA) is 21.3 Å². The van der Waals surface area contributed by atoms with Gasteiger partial charge in [-0.25, -0.2) is 8.78 Å². The summed E-state index contributed by atoms with van der Waals surface area (Å²) >= 11 is 0. The van der Waals surface area contributed by atoms with E-state index in [9.17, 15) is 8.78 Å². The molecule has 0 amide bonds. The molecule has 0 radical (unpaired) electrons. The Morgan fingerprint density at radius 3 is 2.50 bits per heavy atom. The summed E-state index contributed by atoms with van der Waals surface area (Å²) in [6.45, 7) is 3.97. The highest BCUT2D eigenvalue weighted by Crippen LogP contribution is 2.19. The van der Waals surface area contributed by atoms with E-state index in [1.807, 2.05) is 20.9 Å². The molecule has 0 heterocycles. The maximum absolute atomic E-state index is 13.6. The summed E-state index contributed by atoms with van der Waals surface area (Å²) in [5, 5.41) is 3.14. The highest BCUT2D eigenvalue weighted by atomic mass is 19.1. The average molecular weight is 257 g/mol. The van der Waals surface area contributed by atoms with Crippen LogP contribution in [-0.4, -0.2) is 25.8 Å². The van der Waals surface area contributed by atoms with E-state index in [-0.39, 0.29) is 11.6 Å². The number of benzene rings is 1. The second-order valence-corrected chi connectivity index (χ2v) is 5.09. The first-order chi connectivity index (χ1) is 8.38. The first-order valence-electron chi connectivity index (χ1n) is 6.04. The van der Waals surface area contributed by atoms with Gasteiger partial charge in [0.2, 0.25) is 0 Å². The first-order valence-corrected chi connectivity index (χ1v) is 6.04. The van der Waals surface area contributed by atoms with Crippen LogP contribution in [0.5, 0.6) is 0 Å². The highest BCUT2D eigenvalue weighted by molar-refractivity contribution is 5.19. The van der Waals surface area contributed by atoms with Crippen molar-refractivity contribution in [2.24, 2.45) is 0 Å². The first kappa shape index (κ1) is 15.1.